The number of hydrogen-bond donors (Lipinski definition) is 1. The molecule has 0 radical (unpaired) electrons. The summed E-state index contributed by atoms with van der Waals surface area (Å²) in [6.45, 7) is 6.54. The van der Waals surface area contributed by atoms with Crippen molar-refractivity contribution in [3.05, 3.63) is 99.6 Å². The Morgan fingerprint density at radius 1 is 1.19 bits per heavy atom. The van der Waals surface area contributed by atoms with Gasteiger partial charge in [0.05, 0.1) is 17.3 Å². The van der Waals surface area contributed by atoms with Crippen LogP contribution in [0.25, 0.3) is 5.76 Å². The molecular formula is C26H20F2N2O5S. The number of amides is 1. The lowest BCUT2D eigenvalue weighted by Crippen LogP contribution is -2.29. The summed E-state index contributed by atoms with van der Waals surface area (Å²) in [6.07, 6.45) is 1.40. The molecule has 10 heteroatoms. The van der Waals surface area contributed by atoms with Crippen molar-refractivity contribution in [3.8, 4) is 0 Å². The van der Waals surface area contributed by atoms with Gasteiger partial charge in [0.15, 0.2) is 5.13 Å². The predicted molar refractivity (Wildman–Crippen MR) is 130 cm³/mol. The van der Waals surface area contributed by atoms with Gasteiger partial charge in [0.2, 0.25) is 0 Å². The van der Waals surface area contributed by atoms with E-state index in [2.05, 4.69) is 11.6 Å². The normalized spacial score (nSPS) is 16.9. The first-order chi connectivity index (χ1) is 17.1. The van der Waals surface area contributed by atoms with Gasteiger partial charge in [0.1, 0.15) is 28.9 Å². The number of ketones is 1. The van der Waals surface area contributed by atoms with Crippen molar-refractivity contribution in [1.82, 2.24) is 4.98 Å². The second-order valence-corrected chi connectivity index (χ2v) is 8.96. The van der Waals surface area contributed by atoms with E-state index in [9.17, 15) is 28.3 Å². The number of hydrogen-bond acceptors (Lipinski definition) is 7. The van der Waals surface area contributed by atoms with Crippen LogP contribution in [-0.4, -0.2) is 34.4 Å². The van der Waals surface area contributed by atoms with E-state index in [-0.39, 0.29) is 33.4 Å². The number of aromatic nitrogens is 1. The van der Waals surface area contributed by atoms with E-state index in [4.69, 9.17) is 4.74 Å². The highest BCUT2D eigenvalue weighted by Crippen LogP contribution is 2.44. The number of benzene rings is 2. The smallest absolute Gasteiger partial charge is 0.350 e. The molecule has 1 fully saturated rings. The lowest BCUT2D eigenvalue weighted by molar-refractivity contribution is -0.132. The minimum Gasteiger partial charge on any atom is -0.507 e. The molecule has 7 nitrogen and oxygen atoms in total. The van der Waals surface area contributed by atoms with Gasteiger partial charge in [-0.1, -0.05) is 48.3 Å². The highest BCUT2D eigenvalue weighted by atomic mass is 32.1. The van der Waals surface area contributed by atoms with Crippen molar-refractivity contribution in [2.24, 2.45) is 0 Å². The number of carbonyl (C=O) groups is 3. The Kier molecular flexibility index (Phi) is 6.80. The molecule has 0 bridgehead atoms. The third-order valence-electron chi connectivity index (χ3n) is 5.58. The van der Waals surface area contributed by atoms with Gasteiger partial charge < -0.3 is 9.84 Å². The van der Waals surface area contributed by atoms with E-state index in [0.29, 0.717) is 11.1 Å². The maximum absolute atomic E-state index is 14.2. The van der Waals surface area contributed by atoms with Crippen LogP contribution in [0.2, 0.25) is 0 Å². The number of anilines is 1. The van der Waals surface area contributed by atoms with Crippen molar-refractivity contribution < 1.29 is 33.0 Å². The molecule has 2 aromatic carbocycles. The monoisotopic (exact) mass is 510 g/mol. The van der Waals surface area contributed by atoms with Gasteiger partial charge in [0, 0.05) is 5.56 Å². The van der Waals surface area contributed by atoms with Crippen LogP contribution in [0.4, 0.5) is 13.9 Å². The third-order valence-corrected chi connectivity index (χ3v) is 6.72. The molecule has 1 atom stereocenters. The molecule has 184 valence electrons. The first kappa shape index (κ1) is 24.9. The third kappa shape index (κ3) is 4.42. The summed E-state index contributed by atoms with van der Waals surface area (Å²) >= 11 is 0.831. The molecule has 1 saturated heterocycles. The van der Waals surface area contributed by atoms with E-state index in [1.54, 1.807) is 13.8 Å². The molecule has 3 aromatic rings. The minimum absolute atomic E-state index is 0.00335. The topological polar surface area (TPSA) is 96.8 Å². The number of thiazole rings is 1. The summed E-state index contributed by atoms with van der Waals surface area (Å²) in [5, 5.41) is 11.1. The van der Waals surface area contributed by atoms with E-state index in [1.807, 2.05) is 0 Å². The molecule has 1 aliphatic rings. The molecule has 36 heavy (non-hydrogen) atoms. The second kappa shape index (κ2) is 9.82. The largest absolute Gasteiger partial charge is 0.507 e. The molecule has 1 aliphatic heterocycles. The zero-order chi connectivity index (χ0) is 26.1. The Morgan fingerprint density at radius 3 is 2.53 bits per heavy atom. The van der Waals surface area contributed by atoms with Gasteiger partial charge in [-0.3, -0.25) is 14.5 Å². The maximum atomic E-state index is 14.2. The number of esters is 1. The van der Waals surface area contributed by atoms with Crippen LogP contribution >= 0.6 is 11.3 Å². The van der Waals surface area contributed by atoms with Crippen LogP contribution in [0, 0.1) is 25.5 Å². The summed E-state index contributed by atoms with van der Waals surface area (Å²) in [5.41, 5.74) is 0.569. The molecule has 0 saturated carbocycles. The van der Waals surface area contributed by atoms with Crippen molar-refractivity contribution in [3.63, 3.8) is 0 Å². The van der Waals surface area contributed by atoms with Crippen LogP contribution < -0.4 is 4.90 Å². The Balaban J connectivity index is 1.89. The molecule has 0 unspecified atom stereocenters. The van der Waals surface area contributed by atoms with Crippen LogP contribution in [0.15, 0.2) is 60.7 Å². The molecule has 0 spiro atoms. The SMILES string of the molecule is C=CCOC(=O)c1sc(N2C(=O)C(=O)C(=C(O)c3ccc(C)c(F)c3)[C@H]2c2ccc(F)cc2)nc1C. The van der Waals surface area contributed by atoms with Crippen molar-refractivity contribution in [1.29, 1.82) is 0 Å². The average Bonchev–Trinajstić information content (AvgIpc) is 3.36. The predicted octanol–water partition coefficient (Wildman–Crippen LogP) is 5.01. The van der Waals surface area contributed by atoms with Gasteiger partial charge in [-0.05, 0) is 43.2 Å². The van der Waals surface area contributed by atoms with Crippen LogP contribution in [-0.2, 0) is 14.3 Å². The molecule has 4 rings (SSSR count). The van der Waals surface area contributed by atoms with E-state index in [0.717, 1.165) is 34.4 Å². The Bertz CT molecular complexity index is 1430. The fraction of sp³-hybridized carbons (Fsp3) is 0.154. The number of nitrogens with zero attached hydrogens (tertiary/aromatic N) is 2. The standard InChI is InChI=1S/C26H20F2N2O5S/c1-4-11-35-25(34)23-14(3)29-26(36-23)30-20(15-7-9-17(27)10-8-15)19(22(32)24(30)33)21(31)16-6-5-13(2)18(28)12-16/h4-10,12,20,31H,1,11H2,2-3H3/t20-/m1/s1. The summed E-state index contributed by atoms with van der Waals surface area (Å²) in [6, 6.07) is 7.71. The average molecular weight is 511 g/mol. The zero-order valence-electron chi connectivity index (χ0n) is 19.2. The summed E-state index contributed by atoms with van der Waals surface area (Å²) in [7, 11) is 0. The Hall–Kier alpha value is -4.18. The number of halogens is 2. The summed E-state index contributed by atoms with van der Waals surface area (Å²) in [5.74, 6) is -4.48. The first-order valence-corrected chi connectivity index (χ1v) is 11.5. The number of aliphatic hydroxyl groups is 1. The number of Topliss-reactive ketones (excluding diaryl/α,β-unsaturated/α-hetero) is 1. The van der Waals surface area contributed by atoms with Crippen molar-refractivity contribution in [2.45, 2.75) is 19.9 Å². The molecule has 1 N–H and O–H groups in total. The Morgan fingerprint density at radius 2 is 1.89 bits per heavy atom. The summed E-state index contributed by atoms with van der Waals surface area (Å²) in [4.78, 5) is 44.2. The maximum Gasteiger partial charge on any atom is 0.350 e. The van der Waals surface area contributed by atoms with Crippen molar-refractivity contribution >= 4 is 39.9 Å². The Labute approximate surface area is 209 Å². The van der Waals surface area contributed by atoms with Gasteiger partial charge in [-0.25, -0.2) is 18.6 Å². The fourth-order valence-electron chi connectivity index (χ4n) is 3.76. The van der Waals surface area contributed by atoms with Gasteiger partial charge in [-0.15, -0.1) is 0 Å². The van der Waals surface area contributed by atoms with Crippen LogP contribution in [0.1, 0.15) is 38.1 Å². The van der Waals surface area contributed by atoms with Crippen LogP contribution in [0.3, 0.4) is 0 Å². The van der Waals surface area contributed by atoms with Gasteiger partial charge in [-0.2, -0.15) is 0 Å². The highest BCUT2D eigenvalue weighted by Gasteiger charge is 2.48. The highest BCUT2D eigenvalue weighted by molar-refractivity contribution is 7.17. The molecule has 2 heterocycles. The molecule has 0 aliphatic carbocycles. The first-order valence-electron chi connectivity index (χ1n) is 10.7. The summed E-state index contributed by atoms with van der Waals surface area (Å²) < 4.78 is 33.0. The number of aliphatic hydroxyl groups excluding tert-OH is 1. The lowest BCUT2D eigenvalue weighted by atomic mass is 9.95. The number of rotatable bonds is 6. The second-order valence-electron chi connectivity index (χ2n) is 7.98. The fourth-order valence-corrected chi connectivity index (χ4v) is 4.75. The van der Waals surface area contributed by atoms with Gasteiger partial charge >= 0.3 is 11.9 Å². The molecule has 1 aromatic heterocycles. The van der Waals surface area contributed by atoms with Crippen molar-refractivity contribution in [2.75, 3.05) is 11.5 Å². The van der Waals surface area contributed by atoms with E-state index >= 15 is 0 Å². The minimum atomic E-state index is -1.21. The van der Waals surface area contributed by atoms with E-state index in [1.165, 1.54) is 30.3 Å². The number of aryl methyl sites for hydroxylation is 2. The van der Waals surface area contributed by atoms with Crippen LogP contribution in [0.5, 0.6) is 0 Å². The zero-order valence-corrected chi connectivity index (χ0v) is 20.1. The number of carbonyl (C=O) groups excluding carboxylic acids is 3. The lowest BCUT2D eigenvalue weighted by Gasteiger charge is -2.23. The number of ether oxygens (including phenoxy) is 1. The molecule has 1 amide bonds. The molecular weight excluding hydrogens is 490 g/mol. The van der Waals surface area contributed by atoms with Gasteiger partial charge in [0.25, 0.3) is 5.78 Å². The quantitative estimate of drug-likeness (QED) is 0.165. The van der Waals surface area contributed by atoms with E-state index < -0.39 is 41.1 Å².